The van der Waals surface area contributed by atoms with Gasteiger partial charge in [-0.3, -0.25) is 4.99 Å². The topological polar surface area (TPSA) is 76.6 Å². The zero-order valence-electron chi connectivity index (χ0n) is 20.0. The Morgan fingerprint density at radius 2 is 1.67 bits per heavy atom. The molecular weight excluding hydrogens is 535 g/mol. The molecule has 1 saturated heterocycles. The van der Waals surface area contributed by atoms with E-state index in [9.17, 15) is 0 Å². The Hall–Kier alpha value is -2.56. The fraction of sp³-hybridized carbons (Fsp3) is 0.458. The van der Waals surface area contributed by atoms with Crippen molar-refractivity contribution < 1.29 is 18.9 Å². The molecular formula is C24H35IN4O4. The molecule has 0 bridgehead atoms. The van der Waals surface area contributed by atoms with Gasteiger partial charge in [-0.25, -0.2) is 0 Å². The minimum absolute atomic E-state index is 0. The molecule has 3 rings (SSSR count). The van der Waals surface area contributed by atoms with Gasteiger partial charge in [-0.15, -0.1) is 24.0 Å². The summed E-state index contributed by atoms with van der Waals surface area (Å²) in [5.74, 6) is 3.87. The largest absolute Gasteiger partial charge is 0.496 e. The van der Waals surface area contributed by atoms with Crippen molar-refractivity contribution in [2.24, 2.45) is 4.99 Å². The predicted molar refractivity (Wildman–Crippen MR) is 143 cm³/mol. The zero-order valence-corrected chi connectivity index (χ0v) is 22.3. The minimum atomic E-state index is 0. The van der Waals surface area contributed by atoms with Crippen molar-refractivity contribution in [2.45, 2.75) is 18.9 Å². The van der Waals surface area contributed by atoms with Gasteiger partial charge in [-0.1, -0.05) is 12.1 Å². The van der Waals surface area contributed by atoms with Crippen LogP contribution in [-0.2, 0) is 6.42 Å². The number of rotatable bonds is 9. The highest BCUT2D eigenvalue weighted by atomic mass is 127. The molecule has 2 aromatic rings. The average Bonchev–Trinajstić information content (AvgIpc) is 3.31. The third-order valence-electron chi connectivity index (χ3n) is 5.66. The lowest BCUT2D eigenvalue weighted by molar-refractivity contribution is 0.368. The van der Waals surface area contributed by atoms with Gasteiger partial charge in [-0.05, 0) is 25.0 Å². The van der Waals surface area contributed by atoms with Gasteiger partial charge in [0.15, 0.2) is 5.96 Å². The van der Waals surface area contributed by atoms with Gasteiger partial charge in [0.2, 0.25) is 0 Å². The van der Waals surface area contributed by atoms with Crippen LogP contribution in [0.4, 0.5) is 5.69 Å². The van der Waals surface area contributed by atoms with Gasteiger partial charge in [-0.2, -0.15) is 0 Å². The fourth-order valence-corrected chi connectivity index (χ4v) is 4.01. The Kier molecular flexibility index (Phi) is 10.7. The zero-order chi connectivity index (χ0) is 22.9. The van der Waals surface area contributed by atoms with E-state index in [0.29, 0.717) is 18.3 Å². The molecule has 2 N–H and O–H groups in total. The SMILES string of the molecule is CN=C(NCCc1c(OC)cc(OC)cc1OC)NC1CCN(c2ccccc2OC)C1.I. The normalized spacial score (nSPS) is 15.5. The van der Waals surface area contributed by atoms with Crippen LogP contribution in [0.1, 0.15) is 12.0 Å². The van der Waals surface area contributed by atoms with E-state index < -0.39 is 0 Å². The summed E-state index contributed by atoms with van der Waals surface area (Å²) in [5, 5.41) is 6.94. The molecule has 1 atom stereocenters. The number of hydrogen-bond acceptors (Lipinski definition) is 6. The first-order valence-corrected chi connectivity index (χ1v) is 10.8. The molecule has 0 spiro atoms. The third-order valence-corrected chi connectivity index (χ3v) is 5.66. The number of nitrogens with zero attached hydrogens (tertiary/aromatic N) is 2. The number of benzene rings is 2. The summed E-state index contributed by atoms with van der Waals surface area (Å²) in [5.41, 5.74) is 2.11. The van der Waals surface area contributed by atoms with E-state index in [4.69, 9.17) is 18.9 Å². The van der Waals surface area contributed by atoms with Crippen molar-refractivity contribution >= 4 is 35.6 Å². The van der Waals surface area contributed by atoms with Crippen LogP contribution in [0.15, 0.2) is 41.4 Å². The number of guanidine groups is 1. The van der Waals surface area contributed by atoms with Gasteiger partial charge >= 0.3 is 0 Å². The van der Waals surface area contributed by atoms with Crippen LogP contribution in [0.2, 0.25) is 0 Å². The Labute approximate surface area is 213 Å². The molecule has 0 amide bonds. The molecule has 9 heteroatoms. The number of ether oxygens (including phenoxy) is 4. The van der Waals surface area contributed by atoms with Crippen molar-refractivity contribution in [3.63, 3.8) is 0 Å². The smallest absolute Gasteiger partial charge is 0.191 e. The number of anilines is 1. The maximum absolute atomic E-state index is 5.55. The molecule has 1 aliphatic heterocycles. The van der Waals surface area contributed by atoms with Gasteiger partial charge in [0, 0.05) is 50.4 Å². The minimum Gasteiger partial charge on any atom is -0.496 e. The van der Waals surface area contributed by atoms with E-state index in [1.165, 1.54) is 0 Å². The Bertz CT molecular complexity index is 900. The van der Waals surface area contributed by atoms with E-state index in [0.717, 1.165) is 60.4 Å². The molecule has 33 heavy (non-hydrogen) atoms. The number of hydrogen-bond donors (Lipinski definition) is 2. The quantitative estimate of drug-likeness (QED) is 0.272. The van der Waals surface area contributed by atoms with E-state index >= 15 is 0 Å². The summed E-state index contributed by atoms with van der Waals surface area (Å²) in [6.45, 7) is 2.54. The van der Waals surface area contributed by atoms with Crippen molar-refractivity contribution in [3.8, 4) is 23.0 Å². The second-order valence-electron chi connectivity index (χ2n) is 7.51. The third kappa shape index (κ3) is 6.72. The Morgan fingerprint density at radius 3 is 2.27 bits per heavy atom. The highest BCUT2D eigenvalue weighted by Gasteiger charge is 2.25. The predicted octanol–water partition coefficient (Wildman–Crippen LogP) is 3.33. The Morgan fingerprint density at radius 1 is 1.00 bits per heavy atom. The summed E-state index contributed by atoms with van der Waals surface area (Å²) >= 11 is 0. The summed E-state index contributed by atoms with van der Waals surface area (Å²) in [7, 11) is 8.43. The second-order valence-corrected chi connectivity index (χ2v) is 7.51. The molecule has 2 aromatic carbocycles. The van der Waals surface area contributed by atoms with E-state index in [1.807, 2.05) is 30.3 Å². The molecule has 182 valence electrons. The summed E-state index contributed by atoms with van der Waals surface area (Å²) in [4.78, 5) is 6.74. The first kappa shape index (κ1) is 26.7. The number of methoxy groups -OCH3 is 4. The van der Waals surface area contributed by atoms with E-state index in [-0.39, 0.29) is 24.0 Å². The van der Waals surface area contributed by atoms with Crippen LogP contribution in [0, 0.1) is 0 Å². The molecule has 8 nitrogen and oxygen atoms in total. The van der Waals surface area contributed by atoms with Crippen molar-refractivity contribution in [1.82, 2.24) is 10.6 Å². The lowest BCUT2D eigenvalue weighted by Gasteiger charge is -2.22. The van der Waals surface area contributed by atoms with E-state index in [1.54, 1.807) is 35.5 Å². The standard InChI is InChI=1S/C24H34N4O4.HI/c1-25-24(26-12-10-19-22(31-4)14-18(29-2)15-23(19)32-5)27-17-11-13-28(16-17)20-8-6-7-9-21(20)30-3;/h6-9,14-15,17H,10-13,16H2,1-5H3,(H2,25,26,27);1H. The van der Waals surface area contributed by atoms with Gasteiger partial charge in [0.25, 0.3) is 0 Å². The Balaban J connectivity index is 0.00000385. The van der Waals surface area contributed by atoms with Gasteiger partial charge in [0.05, 0.1) is 34.1 Å². The molecule has 1 aliphatic rings. The molecule has 0 saturated carbocycles. The summed E-state index contributed by atoms with van der Waals surface area (Å²) < 4.78 is 21.9. The molecule has 1 heterocycles. The van der Waals surface area contributed by atoms with Crippen LogP contribution in [0.5, 0.6) is 23.0 Å². The van der Waals surface area contributed by atoms with Crippen molar-refractivity contribution in [2.75, 3.05) is 60.0 Å². The van der Waals surface area contributed by atoms with Crippen LogP contribution in [-0.4, -0.2) is 67.1 Å². The number of halogens is 1. The first-order valence-electron chi connectivity index (χ1n) is 10.8. The first-order chi connectivity index (χ1) is 15.6. The second kappa shape index (κ2) is 13.2. The lowest BCUT2D eigenvalue weighted by atomic mass is 10.1. The van der Waals surface area contributed by atoms with Gasteiger partial charge < -0.3 is 34.5 Å². The number of para-hydroxylation sites is 2. The monoisotopic (exact) mass is 570 g/mol. The number of nitrogens with one attached hydrogen (secondary N) is 2. The van der Waals surface area contributed by atoms with E-state index in [2.05, 4.69) is 26.6 Å². The maximum Gasteiger partial charge on any atom is 0.191 e. The lowest BCUT2D eigenvalue weighted by Crippen LogP contribution is -2.45. The highest BCUT2D eigenvalue weighted by molar-refractivity contribution is 14.0. The fourth-order valence-electron chi connectivity index (χ4n) is 4.01. The van der Waals surface area contributed by atoms with Crippen LogP contribution < -0.4 is 34.5 Å². The van der Waals surface area contributed by atoms with Gasteiger partial charge in [0.1, 0.15) is 23.0 Å². The molecule has 1 fully saturated rings. The molecule has 0 radical (unpaired) electrons. The number of aliphatic imine (C=N–C) groups is 1. The van der Waals surface area contributed by atoms with Crippen LogP contribution >= 0.6 is 24.0 Å². The molecule has 0 aliphatic carbocycles. The average molecular weight is 570 g/mol. The summed E-state index contributed by atoms with van der Waals surface area (Å²) in [6.07, 6.45) is 1.74. The van der Waals surface area contributed by atoms with Crippen molar-refractivity contribution in [3.05, 3.63) is 42.0 Å². The summed E-state index contributed by atoms with van der Waals surface area (Å²) in [6, 6.07) is 12.2. The van der Waals surface area contributed by atoms with Crippen LogP contribution in [0.3, 0.4) is 0 Å². The van der Waals surface area contributed by atoms with Crippen molar-refractivity contribution in [1.29, 1.82) is 0 Å². The highest BCUT2D eigenvalue weighted by Crippen LogP contribution is 2.34. The van der Waals surface area contributed by atoms with Crippen LogP contribution in [0.25, 0.3) is 0 Å². The maximum atomic E-state index is 5.55. The molecule has 1 unspecified atom stereocenters. The molecule has 0 aromatic heterocycles.